The molecule has 1 aliphatic heterocycles. The Balaban J connectivity index is 1.95. The predicted molar refractivity (Wildman–Crippen MR) is 106 cm³/mol. The second-order valence-corrected chi connectivity index (χ2v) is 7.14. The fourth-order valence-corrected chi connectivity index (χ4v) is 3.70. The molecule has 0 saturated heterocycles. The summed E-state index contributed by atoms with van der Waals surface area (Å²) in [5.74, 6) is 0.277. The molecule has 1 aliphatic rings. The zero-order chi connectivity index (χ0) is 19.1. The van der Waals surface area contributed by atoms with E-state index in [1.807, 2.05) is 12.1 Å². The van der Waals surface area contributed by atoms with Gasteiger partial charge in [0.1, 0.15) is 5.58 Å². The summed E-state index contributed by atoms with van der Waals surface area (Å²) in [6.07, 6.45) is 1.67. The zero-order valence-corrected chi connectivity index (χ0v) is 15.4. The first-order valence-corrected chi connectivity index (χ1v) is 9.10. The lowest BCUT2D eigenvalue weighted by molar-refractivity contribution is 0.0748. The number of amides is 1. The van der Waals surface area contributed by atoms with Crippen LogP contribution in [-0.2, 0) is 0 Å². The van der Waals surface area contributed by atoms with Crippen LogP contribution in [-0.4, -0.2) is 17.4 Å². The highest BCUT2D eigenvalue weighted by molar-refractivity contribution is 5.99. The highest BCUT2D eigenvalue weighted by Crippen LogP contribution is 2.38. The van der Waals surface area contributed by atoms with Crippen molar-refractivity contribution < 1.29 is 9.21 Å². The second-order valence-electron chi connectivity index (χ2n) is 7.14. The van der Waals surface area contributed by atoms with Crippen LogP contribution >= 0.6 is 0 Å². The summed E-state index contributed by atoms with van der Waals surface area (Å²) < 4.78 is 5.86. The molecule has 1 atom stereocenters. The van der Waals surface area contributed by atoms with E-state index in [0.717, 1.165) is 5.56 Å². The predicted octanol–water partition coefficient (Wildman–Crippen LogP) is 4.65. The first kappa shape index (κ1) is 17.3. The normalized spacial score (nSPS) is 16.2. The lowest BCUT2D eigenvalue weighted by atomic mass is 9.95. The van der Waals surface area contributed by atoms with Gasteiger partial charge in [0.2, 0.25) is 5.76 Å². The van der Waals surface area contributed by atoms with Gasteiger partial charge in [-0.2, -0.15) is 0 Å². The summed E-state index contributed by atoms with van der Waals surface area (Å²) in [7, 11) is 0. The van der Waals surface area contributed by atoms with Crippen LogP contribution in [0.15, 0.2) is 70.4 Å². The Morgan fingerprint density at radius 1 is 1.11 bits per heavy atom. The molecule has 0 radical (unpaired) electrons. The van der Waals surface area contributed by atoms with E-state index in [9.17, 15) is 9.59 Å². The third-order valence-electron chi connectivity index (χ3n) is 5.12. The minimum atomic E-state index is -0.465. The number of benzene rings is 2. The van der Waals surface area contributed by atoms with E-state index >= 15 is 0 Å². The largest absolute Gasteiger partial charge is 0.450 e. The Bertz CT molecular complexity index is 1090. The van der Waals surface area contributed by atoms with Gasteiger partial charge in [0.25, 0.3) is 5.91 Å². The Morgan fingerprint density at radius 2 is 1.81 bits per heavy atom. The lowest BCUT2D eigenvalue weighted by Gasteiger charge is -2.24. The number of fused-ring (bicyclic) bond motifs is 2. The van der Waals surface area contributed by atoms with Crippen molar-refractivity contribution in [3.05, 3.63) is 93.9 Å². The van der Waals surface area contributed by atoms with Crippen LogP contribution in [0.5, 0.6) is 0 Å². The van der Waals surface area contributed by atoms with Crippen LogP contribution in [0.3, 0.4) is 0 Å². The van der Waals surface area contributed by atoms with Gasteiger partial charge in [0.15, 0.2) is 5.43 Å². The highest BCUT2D eigenvalue weighted by Gasteiger charge is 2.42. The number of hydrogen-bond donors (Lipinski definition) is 0. The number of rotatable bonds is 4. The molecule has 3 aromatic rings. The first-order valence-electron chi connectivity index (χ1n) is 9.10. The molecular weight excluding hydrogens is 338 g/mol. The molecule has 0 N–H and O–H groups in total. The average molecular weight is 359 g/mol. The fourth-order valence-electron chi connectivity index (χ4n) is 3.70. The van der Waals surface area contributed by atoms with E-state index < -0.39 is 6.04 Å². The standard InChI is InChI=1S/C23H21NO3/c1-4-13-24-20(16-11-9-15(10-12-16)14(2)3)19-21(25)17-7-5-6-8-18(17)27-22(19)23(24)26/h4-12,14,20H,1,13H2,2-3H3/t20-/m0/s1. The number of para-hydroxylation sites is 1. The Morgan fingerprint density at radius 3 is 2.48 bits per heavy atom. The van der Waals surface area contributed by atoms with E-state index in [-0.39, 0.29) is 17.1 Å². The third-order valence-corrected chi connectivity index (χ3v) is 5.12. The van der Waals surface area contributed by atoms with Crippen LogP contribution in [0.2, 0.25) is 0 Å². The molecule has 0 aliphatic carbocycles. The van der Waals surface area contributed by atoms with Gasteiger partial charge in [-0.3, -0.25) is 9.59 Å². The maximum absolute atomic E-state index is 13.2. The smallest absolute Gasteiger partial charge is 0.291 e. The molecule has 2 heterocycles. The maximum atomic E-state index is 13.2. The molecule has 2 aromatic carbocycles. The minimum Gasteiger partial charge on any atom is -0.450 e. The van der Waals surface area contributed by atoms with Crippen molar-refractivity contribution in [1.29, 1.82) is 0 Å². The minimum absolute atomic E-state index is 0.137. The van der Waals surface area contributed by atoms with Crippen molar-refractivity contribution in [2.45, 2.75) is 25.8 Å². The van der Waals surface area contributed by atoms with Crippen molar-refractivity contribution in [2.24, 2.45) is 0 Å². The Kier molecular flexibility index (Phi) is 4.19. The number of carbonyl (C=O) groups is 1. The van der Waals surface area contributed by atoms with Crippen LogP contribution in [0.25, 0.3) is 11.0 Å². The van der Waals surface area contributed by atoms with Gasteiger partial charge in [-0.05, 0) is 29.2 Å². The summed E-state index contributed by atoms with van der Waals surface area (Å²) in [6.45, 7) is 8.37. The van der Waals surface area contributed by atoms with Crippen LogP contribution in [0.4, 0.5) is 0 Å². The summed E-state index contributed by atoms with van der Waals surface area (Å²) in [6, 6.07) is 14.7. The topological polar surface area (TPSA) is 50.5 Å². The molecule has 0 bridgehead atoms. The second kappa shape index (κ2) is 6.54. The molecule has 136 valence electrons. The first-order chi connectivity index (χ1) is 13.0. The summed E-state index contributed by atoms with van der Waals surface area (Å²) in [5.41, 5.74) is 2.81. The van der Waals surface area contributed by atoms with Gasteiger partial charge in [-0.25, -0.2) is 0 Å². The molecular formula is C23H21NO3. The van der Waals surface area contributed by atoms with Gasteiger partial charge in [-0.1, -0.05) is 56.3 Å². The molecule has 0 saturated carbocycles. The van der Waals surface area contributed by atoms with Gasteiger partial charge in [0.05, 0.1) is 17.0 Å². The van der Waals surface area contributed by atoms with Crippen molar-refractivity contribution in [2.75, 3.05) is 6.54 Å². The van der Waals surface area contributed by atoms with Crippen LogP contribution in [0, 0.1) is 0 Å². The lowest BCUT2D eigenvalue weighted by Crippen LogP contribution is -2.29. The molecule has 4 nitrogen and oxygen atoms in total. The number of carbonyl (C=O) groups excluding carboxylic acids is 1. The van der Waals surface area contributed by atoms with Gasteiger partial charge >= 0.3 is 0 Å². The number of nitrogens with zero attached hydrogens (tertiary/aromatic N) is 1. The SMILES string of the molecule is C=CCN1C(=O)c2oc3ccccc3c(=O)c2[C@@H]1c1ccc(C(C)C)cc1. The van der Waals surface area contributed by atoms with E-state index in [1.165, 1.54) is 5.56 Å². The average Bonchev–Trinajstić information content (AvgIpc) is 2.95. The van der Waals surface area contributed by atoms with Crippen LogP contribution in [0.1, 0.15) is 53.1 Å². The summed E-state index contributed by atoms with van der Waals surface area (Å²) in [5, 5.41) is 0.494. The van der Waals surface area contributed by atoms with Gasteiger partial charge in [0, 0.05) is 6.54 Å². The molecule has 1 aromatic heterocycles. The van der Waals surface area contributed by atoms with E-state index in [0.29, 0.717) is 29.0 Å². The Labute approximate surface area is 157 Å². The number of hydrogen-bond acceptors (Lipinski definition) is 3. The van der Waals surface area contributed by atoms with Crippen molar-refractivity contribution in [3.8, 4) is 0 Å². The fraction of sp³-hybridized carbons (Fsp3) is 0.217. The van der Waals surface area contributed by atoms with Crippen molar-refractivity contribution in [3.63, 3.8) is 0 Å². The molecule has 0 fully saturated rings. The van der Waals surface area contributed by atoms with Crippen LogP contribution < -0.4 is 5.43 Å². The molecule has 4 rings (SSSR count). The molecule has 1 amide bonds. The highest BCUT2D eigenvalue weighted by atomic mass is 16.3. The Hall–Kier alpha value is -3.14. The quantitative estimate of drug-likeness (QED) is 0.637. The van der Waals surface area contributed by atoms with Crippen molar-refractivity contribution in [1.82, 2.24) is 4.90 Å². The molecule has 27 heavy (non-hydrogen) atoms. The molecule has 0 unspecified atom stereocenters. The maximum Gasteiger partial charge on any atom is 0.291 e. The van der Waals surface area contributed by atoms with Gasteiger partial charge in [-0.15, -0.1) is 6.58 Å². The summed E-state index contributed by atoms with van der Waals surface area (Å²) in [4.78, 5) is 27.8. The summed E-state index contributed by atoms with van der Waals surface area (Å²) >= 11 is 0. The van der Waals surface area contributed by atoms with E-state index in [2.05, 4.69) is 32.6 Å². The van der Waals surface area contributed by atoms with Crippen molar-refractivity contribution >= 4 is 16.9 Å². The third kappa shape index (κ3) is 2.69. The zero-order valence-electron chi connectivity index (χ0n) is 15.4. The van der Waals surface area contributed by atoms with E-state index in [4.69, 9.17) is 4.42 Å². The van der Waals surface area contributed by atoms with Gasteiger partial charge < -0.3 is 9.32 Å². The molecule has 0 spiro atoms. The monoisotopic (exact) mass is 359 g/mol. The molecule has 4 heteroatoms. The van der Waals surface area contributed by atoms with E-state index in [1.54, 1.807) is 35.2 Å².